The molecule has 0 spiro atoms. The third kappa shape index (κ3) is 3.69. The number of anilines is 2. The molecule has 0 aliphatic heterocycles. The van der Waals surface area contributed by atoms with Crippen molar-refractivity contribution in [2.45, 2.75) is 26.8 Å². The summed E-state index contributed by atoms with van der Waals surface area (Å²) in [5.74, 6) is 1.55. The van der Waals surface area contributed by atoms with Crippen molar-refractivity contribution in [1.29, 1.82) is 0 Å². The van der Waals surface area contributed by atoms with Crippen LogP contribution in [0.15, 0.2) is 61.1 Å². The van der Waals surface area contributed by atoms with E-state index in [9.17, 15) is 4.79 Å². The number of para-hydroxylation sites is 2. The van der Waals surface area contributed by atoms with E-state index in [1.165, 1.54) is 13.3 Å². The smallest absolute Gasteiger partial charge is 0.221 e. The fourth-order valence-electron chi connectivity index (χ4n) is 3.40. The highest BCUT2D eigenvalue weighted by molar-refractivity contribution is 6.00. The Bertz CT molecular complexity index is 1210. The third-order valence-electron chi connectivity index (χ3n) is 4.79. The predicted molar refractivity (Wildman–Crippen MR) is 119 cm³/mol. The van der Waals surface area contributed by atoms with E-state index in [2.05, 4.69) is 39.9 Å². The second kappa shape index (κ2) is 7.87. The summed E-state index contributed by atoms with van der Waals surface area (Å²) >= 11 is 0. The molecular formula is C23H23N5O2. The first kappa shape index (κ1) is 19.4. The maximum absolute atomic E-state index is 11.4. The molecule has 0 aliphatic rings. The number of carbonyl (C=O) groups excluding carboxylic acids is 1. The van der Waals surface area contributed by atoms with Crippen LogP contribution in [0.1, 0.15) is 26.8 Å². The molecule has 0 fully saturated rings. The van der Waals surface area contributed by atoms with Crippen molar-refractivity contribution in [1.82, 2.24) is 14.5 Å². The van der Waals surface area contributed by atoms with Gasteiger partial charge in [0.05, 0.1) is 11.1 Å². The number of nitrogens with two attached hydrogens (primary N) is 1. The highest BCUT2D eigenvalue weighted by Crippen LogP contribution is 2.36. The van der Waals surface area contributed by atoms with Gasteiger partial charge in [0.25, 0.3) is 0 Å². The molecule has 0 saturated carbocycles. The van der Waals surface area contributed by atoms with Crippen LogP contribution in [0.2, 0.25) is 0 Å². The number of aromatic nitrogens is 3. The number of ether oxygens (including phenoxy) is 1. The molecule has 7 heteroatoms. The summed E-state index contributed by atoms with van der Waals surface area (Å²) < 4.78 is 8.08. The van der Waals surface area contributed by atoms with Crippen molar-refractivity contribution >= 4 is 28.4 Å². The normalized spacial score (nSPS) is 11.1. The van der Waals surface area contributed by atoms with Crippen molar-refractivity contribution in [2.24, 2.45) is 0 Å². The number of hydrogen-bond donors (Lipinski definition) is 2. The molecule has 0 aliphatic carbocycles. The molecule has 2 aromatic carbocycles. The maximum atomic E-state index is 11.4. The first-order valence-corrected chi connectivity index (χ1v) is 9.70. The highest BCUT2D eigenvalue weighted by atomic mass is 16.5. The van der Waals surface area contributed by atoms with Gasteiger partial charge in [-0.15, -0.1) is 0 Å². The number of hydrogen-bond acceptors (Lipinski definition) is 5. The van der Waals surface area contributed by atoms with Gasteiger partial charge in [0, 0.05) is 24.7 Å². The van der Waals surface area contributed by atoms with E-state index in [-0.39, 0.29) is 11.9 Å². The van der Waals surface area contributed by atoms with Crippen molar-refractivity contribution in [3.8, 4) is 22.6 Å². The second-order valence-electron chi connectivity index (χ2n) is 7.31. The van der Waals surface area contributed by atoms with Gasteiger partial charge in [0.1, 0.15) is 23.5 Å². The largest absolute Gasteiger partial charge is 0.455 e. The molecule has 0 saturated heterocycles. The van der Waals surface area contributed by atoms with E-state index in [0.29, 0.717) is 23.0 Å². The van der Waals surface area contributed by atoms with E-state index in [1.807, 2.05) is 42.5 Å². The van der Waals surface area contributed by atoms with Crippen molar-refractivity contribution < 1.29 is 9.53 Å². The van der Waals surface area contributed by atoms with Crippen LogP contribution in [0, 0.1) is 0 Å². The summed E-state index contributed by atoms with van der Waals surface area (Å²) in [6, 6.07) is 15.3. The van der Waals surface area contributed by atoms with E-state index in [4.69, 9.17) is 10.5 Å². The Morgan fingerprint density at radius 2 is 1.83 bits per heavy atom. The lowest BCUT2D eigenvalue weighted by atomic mass is 10.1. The van der Waals surface area contributed by atoms with E-state index in [0.717, 1.165) is 22.2 Å². The fraction of sp³-hybridized carbons (Fsp3) is 0.174. The number of rotatable bonds is 5. The van der Waals surface area contributed by atoms with Gasteiger partial charge >= 0.3 is 0 Å². The molecule has 30 heavy (non-hydrogen) atoms. The van der Waals surface area contributed by atoms with Gasteiger partial charge in [-0.05, 0) is 43.7 Å². The van der Waals surface area contributed by atoms with Crippen LogP contribution in [0.25, 0.3) is 22.2 Å². The molecule has 0 unspecified atom stereocenters. The minimum atomic E-state index is -0.150. The van der Waals surface area contributed by atoms with Crippen LogP contribution in [0.5, 0.6) is 11.5 Å². The average molecular weight is 401 g/mol. The zero-order valence-electron chi connectivity index (χ0n) is 17.1. The molecular weight excluding hydrogens is 378 g/mol. The van der Waals surface area contributed by atoms with Crippen molar-refractivity contribution in [3.05, 3.63) is 61.1 Å². The van der Waals surface area contributed by atoms with E-state index >= 15 is 0 Å². The minimum absolute atomic E-state index is 0.150. The molecule has 0 radical (unpaired) electrons. The van der Waals surface area contributed by atoms with Crippen molar-refractivity contribution in [3.63, 3.8) is 0 Å². The van der Waals surface area contributed by atoms with E-state index in [1.54, 1.807) is 6.07 Å². The molecule has 4 aromatic rings. The fourth-order valence-corrected chi connectivity index (χ4v) is 3.40. The number of amides is 1. The Kier molecular flexibility index (Phi) is 5.10. The molecule has 152 valence electrons. The number of fused-ring (bicyclic) bond motifs is 1. The Morgan fingerprint density at radius 1 is 1.10 bits per heavy atom. The predicted octanol–water partition coefficient (Wildman–Crippen LogP) is 5.01. The molecule has 3 N–H and O–H groups in total. The summed E-state index contributed by atoms with van der Waals surface area (Å²) in [5.41, 5.74) is 9.58. The van der Waals surface area contributed by atoms with E-state index < -0.39 is 0 Å². The maximum Gasteiger partial charge on any atom is 0.221 e. The number of carbonyl (C=O) groups is 1. The summed E-state index contributed by atoms with van der Waals surface area (Å²) in [5, 5.41) is 3.62. The number of nitrogens with zero attached hydrogens (tertiary/aromatic N) is 3. The quantitative estimate of drug-likeness (QED) is 0.490. The molecule has 2 aromatic heterocycles. The monoisotopic (exact) mass is 401 g/mol. The average Bonchev–Trinajstić information content (AvgIpc) is 3.11. The summed E-state index contributed by atoms with van der Waals surface area (Å²) in [4.78, 5) is 20.0. The SMILES string of the molecule is CC(=O)Nc1ccccc1Oc1ccc(-c2cn(C(C)C)c3ncnc(N)c23)cc1. The lowest BCUT2D eigenvalue weighted by Gasteiger charge is -2.11. The molecule has 1 amide bonds. The minimum Gasteiger partial charge on any atom is -0.455 e. The van der Waals surface area contributed by atoms with Gasteiger partial charge in [-0.25, -0.2) is 9.97 Å². The number of nitrogens with one attached hydrogen (secondary N) is 1. The van der Waals surface area contributed by atoms with Crippen LogP contribution in [0.4, 0.5) is 11.5 Å². The molecule has 0 bridgehead atoms. The van der Waals surface area contributed by atoms with Gasteiger partial charge in [-0.3, -0.25) is 4.79 Å². The Labute approximate surface area is 174 Å². The van der Waals surface area contributed by atoms with Crippen LogP contribution in [-0.4, -0.2) is 20.4 Å². The van der Waals surface area contributed by atoms with Crippen LogP contribution >= 0.6 is 0 Å². The van der Waals surface area contributed by atoms with Crippen LogP contribution in [-0.2, 0) is 4.79 Å². The molecule has 4 rings (SSSR count). The van der Waals surface area contributed by atoms with Crippen molar-refractivity contribution in [2.75, 3.05) is 11.1 Å². The van der Waals surface area contributed by atoms with Gasteiger partial charge < -0.3 is 20.4 Å². The topological polar surface area (TPSA) is 95.1 Å². The number of nitrogen functional groups attached to an aromatic ring is 1. The lowest BCUT2D eigenvalue weighted by molar-refractivity contribution is -0.114. The zero-order valence-corrected chi connectivity index (χ0v) is 17.1. The van der Waals surface area contributed by atoms with Gasteiger partial charge in [-0.1, -0.05) is 24.3 Å². The Balaban J connectivity index is 1.68. The Morgan fingerprint density at radius 3 is 2.53 bits per heavy atom. The first-order valence-electron chi connectivity index (χ1n) is 9.70. The standard InChI is InChI=1S/C23H23N5O2/c1-14(2)28-12-18(21-22(24)25-13-26-23(21)28)16-8-10-17(11-9-16)30-20-7-5-4-6-19(20)27-15(3)29/h4-14H,1-3H3,(H,27,29)(H2,24,25,26). The second-order valence-corrected chi connectivity index (χ2v) is 7.31. The van der Waals surface area contributed by atoms with Crippen LogP contribution in [0.3, 0.4) is 0 Å². The summed E-state index contributed by atoms with van der Waals surface area (Å²) in [6.07, 6.45) is 3.55. The summed E-state index contributed by atoms with van der Waals surface area (Å²) in [6.45, 7) is 5.67. The number of benzene rings is 2. The van der Waals surface area contributed by atoms with Crippen LogP contribution < -0.4 is 15.8 Å². The lowest BCUT2D eigenvalue weighted by Crippen LogP contribution is -2.06. The molecule has 2 heterocycles. The Hall–Kier alpha value is -3.87. The molecule has 7 nitrogen and oxygen atoms in total. The van der Waals surface area contributed by atoms with Gasteiger partial charge in [0.2, 0.25) is 5.91 Å². The zero-order chi connectivity index (χ0) is 21.3. The van der Waals surface area contributed by atoms with Gasteiger partial charge in [-0.2, -0.15) is 0 Å². The van der Waals surface area contributed by atoms with Gasteiger partial charge in [0.15, 0.2) is 5.75 Å². The summed E-state index contributed by atoms with van der Waals surface area (Å²) in [7, 11) is 0. The highest BCUT2D eigenvalue weighted by Gasteiger charge is 2.16. The first-order chi connectivity index (χ1) is 14.4. The third-order valence-corrected chi connectivity index (χ3v) is 4.79. The molecule has 0 atom stereocenters.